The summed E-state index contributed by atoms with van der Waals surface area (Å²) in [6.45, 7) is 18.4. The summed E-state index contributed by atoms with van der Waals surface area (Å²) in [6.07, 6.45) is 2.91. The predicted octanol–water partition coefficient (Wildman–Crippen LogP) is 3.99. The molecule has 0 radical (unpaired) electrons. The van der Waals surface area contributed by atoms with Crippen molar-refractivity contribution in [1.29, 1.82) is 5.39 Å². The standard InChI is InChI=1S/C37H61N9O8S/c1-21(2)29(38)33(49)45-27(14-11-12-18-42-35(50)54-36(6,7)8)32(48)44-26(28(47)20-43-40)15-13-19-41-34(39)46-55(51,52)31-23(4)22(3)30-25(24(31)5)16-17-37(9,10)53-30/h20-21,26-27,29H,11-19,38H2,1-10H3,(H6-,39,41,42,44,45,46,47,48,49,50)/p+1/b28-20-/t26-,27-,29-/m0/s1. The van der Waals surface area contributed by atoms with Crippen LogP contribution in [0.1, 0.15) is 109 Å². The molecule has 1 heterocycles. The summed E-state index contributed by atoms with van der Waals surface area (Å²) in [5.41, 5.74) is 13.7. The van der Waals surface area contributed by atoms with Crippen LogP contribution in [0.2, 0.25) is 0 Å². The number of carbonyl (C=O) groups excluding carboxylic acids is 3. The molecule has 0 bridgehead atoms. The largest absolute Gasteiger partial charge is 0.504 e. The lowest BCUT2D eigenvalue weighted by Crippen LogP contribution is -2.54. The fraction of sp³-hybridized carbons (Fsp3) is 0.676. The minimum absolute atomic E-state index is 0.00241. The van der Waals surface area contributed by atoms with E-state index in [0.717, 1.165) is 23.7 Å². The van der Waals surface area contributed by atoms with Gasteiger partial charge in [-0.3, -0.25) is 14.6 Å². The lowest BCUT2D eigenvalue weighted by Gasteiger charge is -2.35. The van der Waals surface area contributed by atoms with Gasteiger partial charge in [-0.2, -0.15) is 0 Å². The van der Waals surface area contributed by atoms with Crippen molar-refractivity contribution in [3.05, 3.63) is 39.2 Å². The van der Waals surface area contributed by atoms with Gasteiger partial charge in [0.2, 0.25) is 28.9 Å². The second kappa shape index (κ2) is 19.8. The van der Waals surface area contributed by atoms with Gasteiger partial charge in [0.15, 0.2) is 4.98 Å². The number of nitrogens with two attached hydrogens (primary N) is 2. The van der Waals surface area contributed by atoms with Crippen molar-refractivity contribution in [3.63, 3.8) is 0 Å². The van der Waals surface area contributed by atoms with Crippen molar-refractivity contribution in [1.82, 2.24) is 20.7 Å². The van der Waals surface area contributed by atoms with E-state index in [2.05, 4.69) is 30.6 Å². The van der Waals surface area contributed by atoms with E-state index in [1.54, 1.807) is 48.5 Å². The highest BCUT2D eigenvalue weighted by Crippen LogP contribution is 2.42. The Hall–Kier alpha value is -4.63. The van der Waals surface area contributed by atoms with Gasteiger partial charge in [-0.05, 0) is 129 Å². The number of aliphatic hydroxyl groups excluding tert-OH is 1. The third kappa shape index (κ3) is 14.2. The zero-order valence-electron chi connectivity index (χ0n) is 34.0. The molecule has 1 aromatic carbocycles. The highest BCUT2D eigenvalue weighted by Gasteiger charge is 2.34. The zero-order valence-corrected chi connectivity index (χ0v) is 34.8. The van der Waals surface area contributed by atoms with Gasteiger partial charge >= 0.3 is 12.3 Å². The number of fused-ring (bicyclic) bond motifs is 1. The molecule has 308 valence electrons. The Morgan fingerprint density at radius 1 is 1.04 bits per heavy atom. The number of rotatable bonds is 17. The van der Waals surface area contributed by atoms with Crippen LogP contribution in [0.15, 0.2) is 21.8 Å². The van der Waals surface area contributed by atoms with Crippen molar-refractivity contribution in [2.45, 2.75) is 148 Å². The van der Waals surface area contributed by atoms with Crippen LogP contribution >= 0.6 is 0 Å². The van der Waals surface area contributed by atoms with E-state index >= 15 is 0 Å². The number of hydrogen-bond donors (Lipinski definition) is 7. The molecular formula is C37H62N9O8S+. The van der Waals surface area contributed by atoms with E-state index in [4.69, 9.17) is 26.3 Å². The molecule has 2 rings (SSSR count). The van der Waals surface area contributed by atoms with Crippen LogP contribution in [-0.4, -0.2) is 79.8 Å². The average molecular weight is 793 g/mol. The Morgan fingerprint density at radius 2 is 1.65 bits per heavy atom. The quantitative estimate of drug-likeness (QED) is 0.0390. The number of guanidine groups is 1. The lowest BCUT2D eigenvalue weighted by atomic mass is 9.88. The fourth-order valence-corrected chi connectivity index (χ4v) is 7.52. The maximum absolute atomic E-state index is 13.6. The summed E-state index contributed by atoms with van der Waals surface area (Å²) in [5.74, 6) is -1.49. The number of unbranched alkanes of at least 4 members (excludes halogenated alkanes) is 1. The van der Waals surface area contributed by atoms with E-state index in [1.165, 1.54) is 0 Å². The number of sulfonamides is 1. The molecule has 0 fully saturated rings. The number of nitrogens with zero attached hydrogens (tertiary/aromatic N) is 3. The van der Waals surface area contributed by atoms with Crippen LogP contribution in [0, 0.1) is 32.1 Å². The molecule has 17 nitrogen and oxygen atoms in total. The van der Waals surface area contributed by atoms with Gasteiger partial charge in [0, 0.05) is 13.1 Å². The van der Waals surface area contributed by atoms with Crippen LogP contribution in [0.5, 0.6) is 5.75 Å². The van der Waals surface area contributed by atoms with Gasteiger partial charge in [-0.1, -0.05) is 13.8 Å². The van der Waals surface area contributed by atoms with E-state index < -0.39 is 57.4 Å². The molecule has 0 aromatic heterocycles. The number of alkyl carbamates (subject to hydrolysis) is 1. The van der Waals surface area contributed by atoms with Crippen molar-refractivity contribution in [3.8, 4) is 5.75 Å². The smallest absolute Gasteiger partial charge is 0.407 e. The second-order valence-corrected chi connectivity index (χ2v) is 17.5. The van der Waals surface area contributed by atoms with Gasteiger partial charge in [0.25, 0.3) is 10.0 Å². The molecule has 3 atom stereocenters. The van der Waals surface area contributed by atoms with Crippen molar-refractivity contribution < 1.29 is 37.4 Å². The number of hydrogen-bond acceptors (Lipinski definition) is 11. The van der Waals surface area contributed by atoms with E-state index in [-0.39, 0.29) is 54.7 Å². The Labute approximate surface area is 325 Å². The summed E-state index contributed by atoms with van der Waals surface area (Å²) >= 11 is 0. The lowest BCUT2D eigenvalue weighted by molar-refractivity contribution is -0.130. The maximum atomic E-state index is 13.6. The van der Waals surface area contributed by atoms with Gasteiger partial charge < -0.3 is 42.0 Å². The number of benzene rings is 1. The van der Waals surface area contributed by atoms with E-state index in [0.29, 0.717) is 36.1 Å². The van der Waals surface area contributed by atoms with E-state index in [1.807, 2.05) is 20.8 Å². The van der Waals surface area contributed by atoms with Crippen LogP contribution in [0.25, 0.3) is 4.98 Å². The highest BCUT2D eigenvalue weighted by molar-refractivity contribution is 7.90. The summed E-state index contributed by atoms with van der Waals surface area (Å²) in [6, 6.07) is -3.01. The number of nitrogens with one attached hydrogen (secondary N) is 4. The monoisotopic (exact) mass is 792 g/mol. The molecule has 1 aliphatic rings. The first-order valence-corrected chi connectivity index (χ1v) is 20.1. The number of aliphatic imine (C=N–C) groups is 1. The minimum atomic E-state index is -4.13. The molecule has 3 amide bonds. The first kappa shape index (κ1) is 46.5. The third-order valence-electron chi connectivity index (χ3n) is 9.21. The van der Waals surface area contributed by atoms with Gasteiger partial charge in [0.05, 0.1) is 17.0 Å². The summed E-state index contributed by atoms with van der Waals surface area (Å²) in [7, 11) is -4.13. The molecule has 1 aliphatic heterocycles. The number of ether oxygens (including phenoxy) is 2. The Balaban J connectivity index is 2.14. The normalized spacial score (nSPS) is 16.1. The second-order valence-electron chi connectivity index (χ2n) is 15.9. The highest BCUT2D eigenvalue weighted by atomic mass is 32.2. The SMILES string of the molecule is Cc1c(C)c(S(=O)(=O)NC(N)=NCCC[C@H](NC(=O)[C@H](CCCCNC(=O)OC(C)(C)C)NC(=O)[C@@H](N)C(C)C)/C(O)=C/[N+]#N)c(C)c2c1OC(C)(C)CC2. The Kier molecular flexibility index (Phi) is 16.8. The molecule has 0 unspecified atom stereocenters. The minimum Gasteiger partial charge on any atom is -0.504 e. The van der Waals surface area contributed by atoms with Crippen molar-refractivity contribution in [2.75, 3.05) is 13.1 Å². The zero-order chi connectivity index (χ0) is 41.9. The summed E-state index contributed by atoms with van der Waals surface area (Å²) in [5, 5.41) is 27.7. The molecule has 1 aromatic rings. The van der Waals surface area contributed by atoms with Crippen molar-refractivity contribution in [2.24, 2.45) is 22.4 Å². The van der Waals surface area contributed by atoms with Crippen LogP contribution in [-0.2, 0) is 30.8 Å². The first-order chi connectivity index (χ1) is 25.4. The third-order valence-corrected chi connectivity index (χ3v) is 10.8. The Bertz CT molecular complexity index is 1760. The molecule has 55 heavy (non-hydrogen) atoms. The molecule has 0 saturated heterocycles. The topological polar surface area (TPSA) is 265 Å². The molecule has 0 saturated carbocycles. The van der Waals surface area contributed by atoms with Gasteiger partial charge in [0.1, 0.15) is 23.0 Å². The van der Waals surface area contributed by atoms with Gasteiger partial charge in [-0.25, -0.2) is 17.9 Å². The number of diazo groups is 1. The summed E-state index contributed by atoms with van der Waals surface area (Å²) < 4.78 is 41.0. The first-order valence-electron chi connectivity index (χ1n) is 18.6. The van der Waals surface area contributed by atoms with Crippen LogP contribution in [0.3, 0.4) is 0 Å². The average Bonchev–Trinajstić information content (AvgIpc) is 3.05. The van der Waals surface area contributed by atoms with Crippen LogP contribution in [0.4, 0.5) is 4.79 Å². The molecular weight excluding hydrogens is 731 g/mol. The van der Waals surface area contributed by atoms with Crippen molar-refractivity contribution >= 4 is 33.9 Å². The predicted molar refractivity (Wildman–Crippen MR) is 210 cm³/mol. The Morgan fingerprint density at radius 3 is 2.25 bits per heavy atom. The molecule has 0 spiro atoms. The molecule has 18 heteroatoms. The fourth-order valence-electron chi connectivity index (χ4n) is 6.00. The van der Waals surface area contributed by atoms with E-state index in [9.17, 15) is 27.9 Å². The maximum Gasteiger partial charge on any atom is 0.407 e. The molecule has 0 aliphatic carbocycles. The van der Waals surface area contributed by atoms with Gasteiger partial charge in [-0.15, -0.1) is 0 Å². The van der Waals surface area contributed by atoms with Crippen LogP contribution < -0.4 is 36.9 Å². The summed E-state index contributed by atoms with van der Waals surface area (Å²) in [4.78, 5) is 45.5. The number of amides is 3. The molecule has 9 N–H and O–H groups in total. The number of aliphatic hydroxyl groups is 1. The number of carbonyl (C=O) groups is 3.